The molecule has 0 amide bonds. The van der Waals surface area contributed by atoms with E-state index in [1.54, 1.807) is 0 Å². The van der Waals surface area contributed by atoms with E-state index in [1.807, 2.05) is 7.11 Å². The summed E-state index contributed by atoms with van der Waals surface area (Å²) in [7, 11) is 1.81. The summed E-state index contributed by atoms with van der Waals surface area (Å²) in [6.45, 7) is 11.7. The van der Waals surface area contributed by atoms with Crippen molar-refractivity contribution in [3.63, 3.8) is 0 Å². The van der Waals surface area contributed by atoms with Crippen molar-refractivity contribution in [2.45, 2.75) is 53.2 Å². The van der Waals surface area contributed by atoms with E-state index in [9.17, 15) is 0 Å². The first kappa shape index (κ1) is 12.0. The van der Waals surface area contributed by atoms with Gasteiger partial charge in [0.25, 0.3) is 6.92 Å². The summed E-state index contributed by atoms with van der Waals surface area (Å²) in [6, 6.07) is 0. The first-order valence-electron chi connectivity index (χ1n) is 4.89. The quantitative estimate of drug-likeness (QED) is 0.587. The lowest BCUT2D eigenvalue weighted by molar-refractivity contribution is 0.366. The van der Waals surface area contributed by atoms with Crippen LogP contribution in [0, 0.1) is 5.41 Å². The standard InChI is InChI=1S/C10H23BO/c1-9(2)11(12-6)8-7-10(3,4)5/h9H,7-8H2,1-6H3. The summed E-state index contributed by atoms with van der Waals surface area (Å²) >= 11 is 0. The second kappa shape index (κ2) is 4.91. The van der Waals surface area contributed by atoms with Gasteiger partial charge >= 0.3 is 0 Å². The fourth-order valence-corrected chi connectivity index (χ4v) is 1.30. The molecular weight excluding hydrogens is 147 g/mol. The minimum atomic E-state index is 0.434. The Bertz CT molecular complexity index is 115. The van der Waals surface area contributed by atoms with Crippen LogP contribution in [0.4, 0.5) is 0 Å². The molecule has 0 saturated carbocycles. The smallest absolute Gasteiger partial charge is 0.295 e. The van der Waals surface area contributed by atoms with E-state index in [-0.39, 0.29) is 0 Å². The third-order valence-corrected chi connectivity index (χ3v) is 2.23. The Balaban J connectivity index is 3.73. The third-order valence-electron chi connectivity index (χ3n) is 2.23. The molecule has 0 aromatic rings. The van der Waals surface area contributed by atoms with Crippen molar-refractivity contribution in [3.05, 3.63) is 0 Å². The molecule has 12 heavy (non-hydrogen) atoms. The number of rotatable bonds is 4. The number of hydrogen-bond acceptors (Lipinski definition) is 1. The Morgan fingerprint density at radius 3 is 2.00 bits per heavy atom. The Morgan fingerprint density at radius 2 is 1.75 bits per heavy atom. The van der Waals surface area contributed by atoms with E-state index < -0.39 is 0 Å². The minimum Gasteiger partial charge on any atom is -0.438 e. The molecule has 0 radical (unpaired) electrons. The number of hydrogen-bond donors (Lipinski definition) is 0. The second-order valence-corrected chi connectivity index (χ2v) is 5.12. The molecule has 0 saturated heterocycles. The van der Waals surface area contributed by atoms with E-state index in [2.05, 4.69) is 34.6 Å². The van der Waals surface area contributed by atoms with E-state index >= 15 is 0 Å². The Morgan fingerprint density at radius 1 is 1.25 bits per heavy atom. The van der Waals surface area contributed by atoms with Crippen LogP contribution in [0.15, 0.2) is 0 Å². The zero-order chi connectivity index (χ0) is 9.78. The van der Waals surface area contributed by atoms with Crippen LogP contribution in [0.5, 0.6) is 0 Å². The summed E-state index contributed by atoms with van der Waals surface area (Å²) in [6.07, 6.45) is 2.42. The highest BCUT2D eigenvalue weighted by molar-refractivity contribution is 6.53. The van der Waals surface area contributed by atoms with Crippen LogP contribution in [0.3, 0.4) is 0 Å². The van der Waals surface area contributed by atoms with Crippen LogP contribution in [0.2, 0.25) is 12.1 Å². The maximum absolute atomic E-state index is 5.41. The highest BCUT2D eigenvalue weighted by Crippen LogP contribution is 2.25. The van der Waals surface area contributed by atoms with Crippen molar-refractivity contribution in [2.24, 2.45) is 5.41 Å². The first-order valence-corrected chi connectivity index (χ1v) is 4.89. The second-order valence-electron chi connectivity index (χ2n) is 5.12. The fourth-order valence-electron chi connectivity index (χ4n) is 1.30. The van der Waals surface area contributed by atoms with Crippen molar-refractivity contribution in [1.29, 1.82) is 0 Å². The molecule has 0 atom stereocenters. The molecule has 0 rings (SSSR count). The topological polar surface area (TPSA) is 9.23 Å². The molecule has 0 aromatic carbocycles. The molecule has 72 valence electrons. The van der Waals surface area contributed by atoms with Crippen molar-refractivity contribution >= 4 is 6.92 Å². The average molecular weight is 170 g/mol. The largest absolute Gasteiger partial charge is 0.438 e. The summed E-state index contributed by atoms with van der Waals surface area (Å²) in [4.78, 5) is 0. The van der Waals surface area contributed by atoms with Crippen LogP contribution in [0.25, 0.3) is 0 Å². The zero-order valence-corrected chi connectivity index (χ0v) is 9.48. The molecular formula is C10H23BO. The first-order chi connectivity index (χ1) is 5.37. The maximum atomic E-state index is 5.41. The van der Waals surface area contributed by atoms with Gasteiger partial charge in [-0.05, 0) is 17.6 Å². The van der Waals surface area contributed by atoms with Crippen molar-refractivity contribution in [2.75, 3.05) is 7.11 Å². The van der Waals surface area contributed by atoms with Crippen LogP contribution in [-0.2, 0) is 4.65 Å². The highest BCUT2D eigenvalue weighted by atomic mass is 16.4. The van der Waals surface area contributed by atoms with Crippen LogP contribution >= 0.6 is 0 Å². The molecule has 0 fully saturated rings. The monoisotopic (exact) mass is 170 g/mol. The van der Waals surface area contributed by atoms with Gasteiger partial charge < -0.3 is 4.65 Å². The van der Waals surface area contributed by atoms with Gasteiger partial charge in [-0.3, -0.25) is 0 Å². The predicted octanol–water partition coefficient (Wildman–Crippen LogP) is 3.47. The van der Waals surface area contributed by atoms with E-state index in [0.717, 1.165) is 0 Å². The van der Waals surface area contributed by atoms with Crippen LogP contribution in [-0.4, -0.2) is 14.0 Å². The molecule has 0 aromatic heterocycles. The Kier molecular flexibility index (Phi) is 4.92. The van der Waals surface area contributed by atoms with Gasteiger partial charge in [-0.2, -0.15) is 0 Å². The highest BCUT2D eigenvalue weighted by Gasteiger charge is 2.21. The van der Waals surface area contributed by atoms with Gasteiger partial charge in [-0.15, -0.1) is 0 Å². The SMILES string of the molecule is COB(CCC(C)(C)C)C(C)C. The predicted molar refractivity (Wildman–Crippen MR) is 56.7 cm³/mol. The molecule has 0 aliphatic carbocycles. The Labute approximate surface area is 78.0 Å². The molecule has 0 heterocycles. The lowest BCUT2D eigenvalue weighted by atomic mass is 9.53. The van der Waals surface area contributed by atoms with Crippen molar-refractivity contribution in [3.8, 4) is 0 Å². The van der Waals surface area contributed by atoms with Crippen molar-refractivity contribution < 1.29 is 4.65 Å². The molecule has 0 spiro atoms. The molecule has 0 aliphatic rings. The van der Waals surface area contributed by atoms with E-state index in [1.165, 1.54) is 12.7 Å². The normalized spacial score (nSPS) is 12.2. The van der Waals surface area contributed by atoms with Gasteiger partial charge in [0.2, 0.25) is 0 Å². The summed E-state index contributed by atoms with van der Waals surface area (Å²) in [5.74, 6) is 0.636. The van der Waals surface area contributed by atoms with Gasteiger partial charge in [0, 0.05) is 7.11 Å². The summed E-state index contributed by atoms with van der Waals surface area (Å²) in [5.41, 5.74) is 0.436. The van der Waals surface area contributed by atoms with Gasteiger partial charge in [0.1, 0.15) is 0 Å². The van der Waals surface area contributed by atoms with Crippen LogP contribution < -0.4 is 0 Å². The van der Waals surface area contributed by atoms with Gasteiger partial charge in [-0.1, -0.05) is 41.0 Å². The molecule has 0 bridgehead atoms. The molecule has 0 N–H and O–H groups in total. The van der Waals surface area contributed by atoms with Gasteiger partial charge in [0.15, 0.2) is 0 Å². The molecule has 0 aliphatic heterocycles. The minimum absolute atomic E-state index is 0.434. The third kappa shape index (κ3) is 5.65. The van der Waals surface area contributed by atoms with Crippen molar-refractivity contribution in [1.82, 2.24) is 0 Å². The van der Waals surface area contributed by atoms with Gasteiger partial charge in [-0.25, -0.2) is 0 Å². The maximum Gasteiger partial charge on any atom is 0.295 e. The molecule has 1 nitrogen and oxygen atoms in total. The molecule has 0 unspecified atom stereocenters. The average Bonchev–Trinajstić information content (AvgIpc) is 1.85. The Hall–Kier alpha value is 0.0249. The van der Waals surface area contributed by atoms with Gasteiger partial charge in [0.05, 0.1) is 0 Å². The lowest BCUT2D eigenvalue weighted by Gasteiger charge is -2.21. The fraction of sp³-hybridized carbons (Fsp3) is 1.00. The molecule has 2 heteroatoms. The summed E-state index contributed by atoms with van der Waals surface area (Å²) in [5, 5.41) is 0. The zero-order valence-electron chi connectivity index (χ0n) is 9.48. The van der Waals surface area contributed by atoms with E-state index in [0.29, 0.717) is 18.1 Å². The van der Waals surface area contributed by atoms with Crippen LogP contribution in [0.1, 0.15) is 41.0 Å². The lowest BCUT2D eigenvalue weighted by Crippen LogP contribution is -2.22. The summed E-state index contributed by atoms with van der Waals surface area (Å²) < 4.78 is 5.41. The van der Waals surface area contributed by atoms with E-state index in [4.69, 9.17) is 4.65 Å².